The smallest absolute Gasteiger partial charge is 0.133 e. The number of rotatable bonds is 3. The third-order valence-corrected chi connectivity index (χ3v) is 3.34. The molecule has 13 heavy (non-hydrogen) atoms. The molecule has 1 unspecified atom stereocenters. The van der Waals surface area contributed by atoms with E-state index in [0.29, 0.717) is 10.4 Å². The predicted molar refractivity (Wildman–Crippen MR) is 60.1 cm³/mol. The van der Waals surface area contributed by atoms with E-state index in [1.807, 2.05) is 12.1 Å². The first-order valence-corrected chi connectivity index (χ1v) is 5.76. The maximum absolute atomic E-state index is 6.00. The van der Waals surface area contributed by atoms with Crippen LogP contribution in [0.2, 0.25) is 5.15 Å². The first-order valence-electron chi connectivity index (χ1n) is 4.10. The zero-order valence-corrected chi connectivity index (χ0v) is 9.62. The Balaban J connectivity index is 2.97. The normalized spacial score (nSPS) is 13.3. The van der Waals surface area contributed by atoms with E-state index in [9.17, 15) is 0 Å². The Morgan fingerprint density at radius 1 is 1.54 bits per heavy atom. The van der Waals surface area contributed by atoms with Crippen molar-refractivity contribution in [1.29, 1.82) is 0 Å². The molecule has 1 heterocycles. The van der Waals surface area contributed by atoms with E-state index in [-0.39, 0.29) is 0 Å². The van der Waals surface area contributed by atoms with Crippen molar-refractivity contribution in [3.8, 4) is 0 Å². The second kappa shape index (κ2) is 4.87. The van der Waals surface area contributed by atoms with Gasteiger partial charge in [0.25, 0.3) is 0 Å². The van der Waals surface area contributed by atoms with Crippen molar-refractivity contribution in [2.45, 2.75) is 19.1 Å². The Morgan fingerprint density at radius 2 is 2.23 bits per heavy atom. The molecule has 0 saturated heterocycles. The minimum atomic E-state index is 0.362. The number of thioether (sulfide) groups is 1. The van der Waals surface area contributed by atoms with Gasteiger partial charge in [-0.05, 0) is 18.2 Å². The van der Waals surface area contributed by atoms with E-state index in [4.69, 9.17) is 11.6 Å². The van der Waals surface area contributed by atoms with Crippen LogP contribution in [0.1, 0.15) is 24.7 Å². The van der Waals surface area contributed by atoms with Gasteiger partial charge in [0.15, 0.2) is 0 Å². The molecule has 0 bridgehead atoms. The molecule has 0 saturated carbocycles. The first-order chi connectivity index (χ1) is 6.16. The van der Waals surface area contributed by atoms with Crippen LogP contribution >= 0.6 is 23.4 Å². The third-order valence-electron chi connectivity index (χ3n) is 1.83. The molecule has 71 valence electrons. The average Bonchev–Trinajstić information content (AvgIpc) is 2.09. The van der Waals surface area contributed by atoms with Gasteiger partial charge < -0.3 is 0 Å². The summed E-state index contributed by atoms with van der Waals surface area (Å²) in [6.45, 7) is 4.23. The van der Waals surface area contributed by atoms with E-state index < -0.39 is 0 Å². The number of hydrogen-bond acceptors (Lipinski definition) is 2. The van der Waals surface area contributed by atoms with E-state index in [1.165, 1.54) is 5.92 Å². The van der Waals surface area contributed by atoms with Crippen molar-refractivity contribution in [1.82, 2.24) is 4.98 Å². The fraction of sp³-hybridized carbons (Fsp3) is 0.400. The lowest BCUT2D eigenvalue weighted by atomic mass is 10.0. The summed E-state index contributed by atoms with van der Waals surface area (Å²) < 4.78 is 0. The summed E-state index contributed by atoms with van der Waals surface area (Å²) in [6.07, 6.45) is 3.80. The van der Waals surface area contributed by atoms with Crippen molar-refractivity contribution in [2.24, 2.45) is 0 Å². The highest BCUT2D eigenvalue weighted by Gasteiger charge is 2.17. The first kappa shape index (κ1) is 10.9. The van der Waals surface area contributed by atoms with Gasteiger partial charge >= 0.3 is 0 Å². The summed E-state index contributed by atoms with van der Waals surface area (Å²) in [6, 6.07) is 3.96. The van der Waals surface area contributed by atoms with Crippen molar-refractivity contribution in [3.05, 3.63) is 35.0 Å². The maximum atomic E-state index is 6.00. The van der Waals surface area contributed by atoms with E-state index >= 15 is 0 Å². The van der Waals surface area contributed by atoms with Gasteiger partial charge in [0.1, 0.15) is 5.15 Å². The van der Waals surface area contributed by atoms with Crippen LogP contribution in [0.5, 0.6) is 0 Å². The SMILES string of the molecule is CSC([C](C)C)c1cccnc1Cl. The second-order valence-electron chi connectivity index (χ2n) is 3.08. The highest BCUT2D eigenvalue weighted by Crippen LogP contribution is 2.37. The zero-order chi connectivity index (χ0) is 9.84. The maximum Gasteiger partial charge on any atom is 0.133 e. The van der Waals surface area contributed by atoms with Gasteiger partial charge in [0.2, 0.25) is 0 Å². The number of halogens is 1. The van der Waals surface area contributed by atoms with Crippen molar-refractivity contribution < 1.29 is 0 Å². The molecule has 1 atom stereocenters. The average molecular weight is 215 g/mol. The van der Waals surface area contributed by atoms with Gasteiger partial charge in [0.05, 0.1) is 0 Å². The molecule has 0 aliphatic heterocycles. The Hall–Kier alpha value is -0.210. The monoisotopic (exact) mass is 214 g/mol. The molecule has 0 N–H and O–H groups in total. The molecule has 0 aliphatic carbocycles. The number of pyridine rings is 1. The van der Waals surface area contributed by atoms with E-state index in [2.05, 4.69) is 25.1 Å². The highest BCUT2D eigenvalue weighted by atomic mass is 35.5. The lowest BCUT2D eigenvalue weighted by Gasteiger charge is -2.18. The Kier molecular flexibility index (Phi) is 4.07. The lowest BCUT2D eigenvalue weighted by Crippen LogP contribution is -2.01. The predicted octanol–water partition coefficient (Wildman–Crippen LogP) is 3.75. The van der Waals surface area contributed by atoms with Crippen LogP contribution in [-0.2, 0) is 0 Å². The molecule has 1 radical (unpaired) electrons. The summed E-state index contributed by atoms with van der Waals surface area (Å²) in [4.78, 5) is 4.07. The standard InChI is InChI=1S/C10H13ClNS/c1-7(2)9(13-3)8-5-4-6-12-10(8)11/h4-6,9H,1-3H3. The zero-order valence-electron chi connectivity index (χ0n) is 8.04. The lowest BCUT2D eigenvalue weighted by molar-refractivity contribution is 0.927. The molecule has 0 spiro atoms. The molecule has 1 aromatic heterocycles. The van der Waals surface area contributed by atoms with Crippen LogP contribution in [0.25, 0.3) is 0 Å². The quantitative estimate of drug-likeness (QED) is 0.711. The summed E-state index contributed by atoms with van der Waals surface area (Å²) in [5, 5.41) is 0.976. The molecule has 3 heteroatoms. The van der Waals surface area contributed by atoms with Crippen molar-refractivity contribution in [2.75, 3.05) is 6.26 Å². The van der Waals surface area contributed by atoms with Crippen LogP contribution in [0.15, 0.2) is 18.3 Å². The highest BCUT2D eigenvalue weighted by molar-refractivity contribution is 7.99. The van der Waals surface area contributed by atoms with Gasteiger partial charge in [-0.1, -0.05) is 31.5 Å². The van der Waals surface area contributed by atoms with Crippen LogP contribution < -0.4 is 0 Å². The Bertz CT molecular complexity index is 275. The van der Waals surface area contributed by atoms with E-state index in [1.54, 1.807) is 18.0 Å². The van der Waals surface area contributed by atoms with Gasteiger partial charge in [-0.15, -0.1) is 0 Å². The van der Waals surface area contributed by atoms with E-state index in [0.717, 1.165) is 5.56 Å². The van der Waals surface area contributed by atoms with Gasteiger partial charge in [-0.25, -0.2) is 4.98 Å². The molecule has 1 nitrogen and oxygen atoms in total. The fourth-order valence-electron chi connectivity index (χ4n) is 1.27. The molecule has 0 aliphatic rings. The Labute approximate surface area is 88.9 Å². The van der Waals surface area contributed by atoms with Gasteiger partial charge in [-0.2, -0.15) is 11.8 Å². The van der Waals surface area contributed by atoms with Gasteiger partial charge in [0, 0.05) is 17.0 Å². The largest absolute Gasteiger partial charge is 0.244 e. The molecular weight excluding hydrogens is 202 g/mol. The number of aromatic nitrogens is 1. The summed E-state index contributed by atoms with van der Waals surface area (Å²) in [5.41, 5.74) is 1.11. The van der Waals surface area contributed by atoms with Crippen LogP contribution in [0, 0.1) is 5.92 Å². The minimum Gasteiger partial charge on any atom is -0.244 e. The molecule has 0 aromatic carbocycles. The van der Waals surface area contributed by atoms with Crippen LogP contribution in [0.3, 0.4) is 0 Å². The molecular formula is C10H13ClNS. The number of nitrogens with zero attached hydrogens (tertiary/aromatic N) is 1. The second-order valence-corrected chi connectivity index (χ2v) is 4.38. The van der Waals surface area contributed by atoms with Crippen molar-refractivity contribution >= 4 is 23.4 Å². The Morgan fingerprint density at radius 3 is 2.69 bits per heavy atom. The molecule has 0 fully saturated rings. The summed E-state index contributed by atoms with van der Waals surface area (Å²) in [7, 11) is 0. The summed E-state index contributed by atoms with van der Waals surface area (Å²) >= 11 is 7.79. The van der Waals surface area contributed by atoms with Crippen LogP contribution in [-0.4, -0.2) is 11.2 Å². The summed E-state index contributed by atoms with van der Waals surface area (Å²) in [5.74, 6) is 1.35. The fourth-order valence-corrected chi connectivity index (χ4v) is 2.48. The topological polar surface area (TPSA) is 12.9 Å². The minimum absolute atomic E-state index is 0.362. The van der Waals surface area contributed by atoms with Gasteiger partial charge in [-0.3, -0.25) is 0 Å². The van der Waals surface area contributed by atoms with Crippen molar-refractivity contribution in [3.63, 3.8) is 0 Å². The number of hydrogen-bond donors (Lipinski definition) is 0. The third kappa shape index (κ3) is 2.61. The molecule has 1 aromatic rings. The molecule has 0 amide bonds. The van der Waals surface area contributed by atoms with Crippen LogP contribution in [0.4, 0.5) is 0 Å². The molecule has 1 rings (SSSR count).